The van der Waals surface area contributed by atoms with Crippen LogP contribution in [0.5, 0.6) is 0 Å². The minimum Gasteiger partial charge on any atom is -0.441 e. The van der Waals surface area contributed by atoms with Gasteiger partial charge >= 0.3 is 0 Å². The summed E-state index contributed by atoms with van der Waals surface area (Å²) < 4.78 is 19.4. The summed E-state index contributed by atoms with van der Waals surface area (Å²) in [5, 5.41) is 2.03. The van der Waals surface area contributed by atoms with Crippen LogP contribution in [-0.4, -0.2) is 22.8 Å². The van der Waals surface area contributed by atoms with E-state index in [1.165, 1.54) is 22.7 Å². The van der Waals surface area contributed by atoms with Gasteiger partial charge in [-0.1, -0.05) is 12.1 Å². The van der Waals surface area contributed by atoms with Crippen molar-refractivity contribution in [2.75, 3.05) is 7.05 Å². The summed E-state index contributed by atoms with van der Waals surface area (Å²) in [5.74, 6) is 0.487. The van der Waals surface area contributed by atoms with E-state index in [2.05, 4.69) is 11.1 Å². The number of carbonyl (C=O) groups is 1. The predicted octanol–water partition coefficient (Wildman–Crippen LogP) is 4.44. The van der Waals surface area contributed by atoms with E-state index >= 15 is 0 Å². The second kappa shape index (κ2) is 7.61. The number of aromatic nitrogens is 1. The van der Waals surface area contributed by atoms with Gasteiger partial charge in [0.05, 0.1) is 18.3 Å². The van der Waals surface area contributed by atoms with Gasteiger partial charge < -0.3 is 9.32 Å². The number of nitrogens with zero attached hydrogens (tertiary/aromatic N) is 2. The zero-order chi connectivity index (χ0) is 17.8. The highest BCUT2D eigenvalue weighted by atomic mass is 32.1. The lowest BCUT2D eigenvalue weighted by molar-refractivity contribution is -0.130. The molecule has 0 aliphatic rings. The van der Waals surface area contributed by atoms with Crippen LogP contribution in [0.2, 0.25) is 0 Å². The van der Waals surface area contributed by atoms with Crippen LogP contribution in [0.4, 0.5) is 4.39 Å². The average molecular weight is 358 g/mol. The summed E-state index contributed by atoms with van der Waals surface area (Å²) in [5.41, 5.74) is 1.57. The van der Waals surface area contributed by atoms with E-state index in [1.807, 2.05) is 12.3 Å². The number of halogens is 1. The van der Waals surface area contributed by atoms with Gasteiger partial charge in [0.2, 0.25) is 5.91 Å². The monoisotopic (exact) mass is 358 g/mol. The van der Waals surface area contributed by atoms with Gasteiger partial charge in [0.1, 0.15) is 5.82 Å². The number of rotatable bonds is 6. The number of aryl methyl sites for hydroxylation is 2. The Balaban J connectivity index is 1.58. The van der Waals surface area contributed by atoms with E-state index in [-0.39, 0.29) is 11.7 Å². The van der Waals surface area contributed by atoms with Crippen LogP contribution in [0.1, 0.15) is 22.8 Å². The molecule has 2 aromatic heterocycles. The zero-order valence-corrected chi connectivity index (χ0v) is 15.0. The molecule has 0 bridgehead atoms. The van der Waals surface area contributed by atoms with E-state index in [0.717, 1.165) is 0 Å². The summed E-state index contributed by atoms with van der Waals surface area (Å²) in [6.45, 7) is 2.65. The Bertz CT molecular complexity index is 872. The summed E-state index contributed by atoms with van der Waals surface area (Å²) in [7, 11) is 1.79. The Hall–Kier alpha value is -2.47. The third-order valence-corrected chi connectivity index (χ3v) is 5.03. The van der Waals surface area contributed by atoms with Gasteiger partial charge in [-0.15, -0.1) is 11.3 Å². The first-order chi connectivity index (χ1) is 12.0. The Labute approximate surface area is 149 Å². The summed E-state index contributed by atoms with van der Waals surface area (Å²) in [6, 6.07) is 8.44. The fourth-order valence-corrected chi connectivity index (χ4v) is 3.44. The molecule has 0 atom stereocenters. The van der Waals surface area contributed by atoms with E-state index < -0.39 is 0 Å². The molecule has 130 valence electrons. The normalized spacial score (nSPS) is 10.8. The van der Waals surface area contributed by atoms with Crippen LogP contribution >= 0.6 is 11.3 Å². The lowest BCUT2D eigenvalue weighted by Crippen LogP contribution is -2.26. The highest BCUT2D eigenvalue weighted by Gasteiger charge is 2.14. The minimum absolute atomic E-state index is 0.0263. The number of amides is 1. The number of oxazole rings is 1. The Kier molecular flexibility index (Phi) is 5.28. The molecule has 0 spiro atoms. The third-order valence-electron chi connectivity index (χ3n) is 4.02. The fourth-order valence-electron chi connectivity index (χ4n) is 2.49. The minimum atomic E-state index is -0.354. The first-order valence-corrected chi connectivity index (χ1v) is 8.89. The van der Waals surface area contributed by atoms with Gasteiger partial charge in [-0.05, 0) is 36.1 Å². The van der Waals surface area contributed by atoms with Gasteiger partial charge in [0, 0.05) is 24.8 Å². The van der Waals surface area contributed by atoms with Crippen LogP contribution in [0.15, 0.2) is 46.3 Å². The van der Waals surface area contributed by atoms with Gasteiger partial charge in [-0.2, -0.15) is 0 Å². The molecule has 2 heterocycles. The quantitative estimate of drug-likeness (QED) is 0.654. The van der Waals surface area contributed by atoms with E-state index in [9.17, 15) is 9.18 Å². The molecule has 0 N–H and O–H groups in total. The van der Waals surface area contributed by atoms with Crippen molar-refractivity contribution in [1.82, 2.24) is 9.88 Å². The zero-order valence-electron chi connectivity index (χ0n) is 14.2. The maximum Gasteiger partial charge on any atom is 0.223 e. The Morgan fingerprint density at radius 1 is 1.32 bits per heavy atom. The van der Waals surface area contributed by atoms with Crippen LogP contribution in [0.3, 0.4) is 0 Å². The summed E-state index contributed by atoms with van der Waals surface area (Å²) in [6.07, 6.45) is 2.19. The standard InChI is InChI=1S/C19H19FN2O2S/c1-13-9-10-25-17(13)12-22(2)19(23)8-7-18-21-11-16(24-18)14-5-3-4-6-15(14)20/h3-6,9-11H,7-8,12H2,1-2H3. The molecule has 6 heteroatoms. The van der Waals surface area contributed by atoms with E-state index in [1.54, 1.807) is 41.5 Å². The van der Waals surface area contributed by atoms with Crippen LogP contribution in [0, 0.1) is 12.7 Å². The highest BCUT2D eigenvalue weighted by Crippen LogP contribution is 2.24. The van der Waals surface area contributed by atoms with Gasteiger partial charge in [-0.25, -0.2) is 9.37 Å². The van der Waals surface area contributed by atoms with Crippen LogP contribution < -0.4 is 0 Å². The van der Waals surface area contributed by atoms with Crippen molar-refractivity contribution in [3.63, 3.8) is 0 Å². The van der Waals surface area contributed by atoms with Crippen molar-refractivity contribution in [2.24, 2.45) is 0 Å². The molecular formula is C19H19FN2O2S. The second-order valence-electron chi connectivity index (χ2n) is 5.87. The summed E-state index contributed by atoms with van der Waals surface area (Å²) in [4.78, 5) is 19.3. The number of benzene rings is 1. The molecule has 0 saturated carbocycles. The fraction of sp³-hybridized carbons (Fsp3) is 0.263. The molecule has 0 fully saturated rings. The molecule has 1 aromatic carbocycles. The number of hydrogen-bond donors (Lipinski definition) is 0. The van der Waals surface area contributed by atoms with Gasteiger partial charge in [0.15, 0.2) is 11.7 Å². The lowest BCUT2D eigenvalue weighted by Gasteiger charge is -2.16. The molecule has 1 amide bonds. The predicted molar refractivity (Wildman–Crippen MR) is 95.7 cm³/mol. The van der Waals surface area contributed by atoms with Crippen molar-refractivity contribution >= 4 is 17.2 Å². The number of hydrogen-bond acceptors (Lipinski definition) is 4. The molecule has 3 aromatic rings. The second-order valence-corrected chi connectivity index (χ2v) is 6.88. The molecule has 25 heavy (non-hydrogen) atoms. The molecule has 0 radical (unpaired) electrons. The van der Waals surface area contributed by atoms with Crippen molar-refractivity contribution in [3.05, 3.63) is 64.1 Å². The molecule has 3 rings (SSSR count). The number of carbonyl (C=O) groups excluding carboxylic acids is 1. The average Bonchev–Trinajstić information content (AvgIpc) is 3.22. The van der Waals surface area contributed by atoms with Crippen molar-refractivity contribution in [1.29, 1.82) is 0 Å². The van der Waals surface area contributed by atoms with Gasteiger partial charge in [0.25, 0.3) is 0 Å². The van der Waals surface area contributed by atoms with Crippen molar-refractivity contribution in [2.45, 2.75) is 26.3 Å². The maximum absolute atomic E-state index is 13.8. The SMILES string of the molecule is Cc1ccsc1CN(C)C(=O)CCc1ncc(-c2ccccc2F)o1. The van der Waals surface area contributed by atoms with E-state index in [4.69, 9.17) is 4.42 Å². The molecule has 0 unspecified atom stereocenters. The molecule has 0 aliphatic heterocycles. The first kappa shape index (κ1) is 17.4. The first-order valence-electron chi connectivity index (χ1n) is 8.01. The molecule has 4 nitrogen and oxygen atoms in total. The lowest BCUT2D eigenvalue weighted by atomic mass is 10.2. The van der Waals surface area contributed by atoms with Crippen molar-refractivity contribution in [3.8, 4) is 11.3 Å². The molecular weight excluding hydrogens is 339 g/mol. The third kappa shape index (κ3) is 4.14. The van der Waals surface area contributed by atoms with E-state index in [0.29, 0.717) is 36.6 Å². The Morgan fingerprint density at radius 2 is 2.12 bits per heavy atom. The van der Waals surface area contributed by atoms with Crippen LogP contribution in [0.25, 0.3) is 11.3 Å². The van der Waals surface area contributed by atoms with Crippen molar-refractivity contribution < 1.29 is 13.6 Å². The highest BCUT2D eigenvalue weighted by molar-refractivity contribution is 7.10. The summed E-state index contributed by atoms with van der Waals surface area (Å²) >= 11 is 1.65. The smallest absolute Gasteiger partial charge is 0.223 e. The molecule has 0 aliphatic carbocycles. The largest absolute Gasteiger partial charge is 0.441 e. The van der Waals surface area contributed by atoms with Gasteiger partial charge in [-0.3, -0.25) is 4.79 Å². The molecule has 0 saturated heterocycles. The maximum atomic E-state index is 13.8. The number of thiophene rings is 1. The topological polar surface area (TPSA) is 46.3 Å². The Morgan fingerprint density at radius 3 is 2.84 bits per heavy atom. The van der Waals surface area contributed by atoms with Crippen LogP contribution in [-0.2, 0) is 17.8 Å².